The van der Waals surface area contributed by atoms with Gasteiger partial charge < -0.3 is 10.2 Å². The van der Waals surface area contributed by atoms with Gasteiger partial charge in [-0.1, -0.05) is 84.9 Å². The lowest BCUT2D eigenvalue weighted by atomic mass is 10.0. The monoisotopic (exact) mass is 628 g/mol. The van der Waals surface area contributed by atoms with Gasteiger partial charge in [0.25, 0.3) is 15.7 Å². The molecule has 0 radical (unpaired) electrons. The van der Waals surface area contributed by atoms with Crippen molar-refractivity contribution in [2.45, 2.75) is 50.2 Å². The SMILES string of the molecule is CC(C)(C)NC(=O)C(Cc1ccccc1)N(Cc1ccccc1)C(=O)CN(c1cccc([N+](=O)[O-])c1)S(=O)(=O)c1ccccc1. The molecule has 0 saturated carbocycles. The van der Waals surface area contributed by atoms with Crippen LogP contribution in [-0.4, -0.2) is 48.2 Å². The van der Waals surface area contributed by atoms with Gasteiger partial charge in [0, 0.05) is 30.6 Å². The van der Waals surface area contributed by atoms with Crippen molar-refractivity contribution in [3.63, 3.8) is 0 Å². The molecule has 0 saturated heterocycles. The maximum absolute atomic E-state index is 14.4. The highest BCUT2D eigenvalue weighted by molar-refractivity contribution is 7.92. The maximum atomic E-state index is 14.4. The van der Waals surface area contributed by atoms with Crippen molar-refractivity contribution in [2.24, 2.45) is 0 Å². The van der Waals surface area contributed by atoms with Crippen LogP contribution < -0.4 is 9.62 Å². The number of nitrogens with zero attached hydrogens (tertiary/aromatic N) is 3. The Balaban J connectivity index is 1.83. The van der Waals surface area contributed by atoms with Crippen molar-refractivity contribution in [2.75, 3.05) is 10.8 Å². The largest absolute Gasteiger partial charge is 0.350 e. The van der Waals surface area contributed by atoms with Crippen LogP contribution in [0.5, 0.6) is 0 Å². The van der Waals surface area contributed by atoms with Crippen molar-refractivity contribution in [3.8, 4) is 0 Å². The number of nitro benzene ring substituents is 1. The summed E-state index contributed by atoms with van der Waals surface area (Å²) in [5.74, 6) is -1.06. The molecule has 0 bridgehead atoms. The number of non-ortho nitro benzene ring substituents is 1. The summed E-state index contributed by atoms with van der Waals surface area (Å²) in [4.78, 5) is 40.6. The molecule has 0 aliphatic carbocycles. The highest BCUT2D eigenvalue weighted by Crippen LogP contribution is 2.28. The van der Waals surface area contributed by atoms with Crippen LogP contribution in [0.15, 0.2) is 120 Å². The minimum atomic E-state index is -4.37. The van der Waals surface area contributed by atoms with E-state index >= 15 is 0 Å². The Morgan fingerprint density at radius 2 is 1.38 bits per heavy atom. The van der Waals surface area contributed by atoms with E-state index in [0.29, 0.717) is 0 Å². The quantitative estimate of drug-likeness (QED) is 0.166. The van der Waals surface area contributed by atoms with E-state index in [4.69, 9.17) is 0 Å². The third-order valence-electron chi connectivity index (χ3n) is 6.90. The molecular weight excluding hydrogens is 592 g/mol. The van der Waals surface area contributed by atoms with Crippen molar-refractivity contribution >= 4 is 33.2 Å². The molecule has 4 rings (SSSR count). The third-order valence-corrected chi connectivity index (χ3v) is 8.69. The van der Waals surface area contributed by atoms with Gasteiger partial charge in [0.05, 0.1) is 15.5 Å². The smallest absolute Gasteiger partial charge is 0.271 e. The molecule has 2 amide bonds. The van der Waals surface area contributed by atoms with Crippen LogP contribution in [0.1, 0.15) is 31.9 Å². The molecule has 1 atom stereocenters. The fraction of sp³-hybridized carbons (Fsp3) is 0.235. The minimum absolute atomic E-state index is 0.0168. The van der Waals surface area contributed by atoms with Gasteiger partial charge in [-0.3, -0.25) is 24.0 Å². The van der Waals surface area contributed by atoms with Crippen LogP contribution >= 0.6 is 0 Å². The average molecular weight is 629 g/mol. The van der Waals surface area contributed by atoms with Gasteiger partial charge >= 0.3 is 0 Å². The lowest BCUT2D eigenvalue weighted by Crippen LogP contribution is -2.56. The van der Waals surface area contributed by atoms with E-state index in [-0.39, 0.29) is 29.2 Å². The molecule has 10 nitrogen and oxygen atoms in total. The summed E-state index contributed by atoms with van der Waals surface area (Å²) >= 11 is 0. The summed E-state index contributed by atoms with van der Waals surface area (Å²) in [5, 5.41) is 14.6. The average Bonchev–Trinajstić information content (AvgIpc) is 3.02. The van der Waals surface area contributed by atoms with E-state index in [0.717, 1.165) is 21.5 Å². The second-order valence-corrected chi connectivity index (χ2v) is 13.4. The molecule has 0 aliphatic rings. The number of amides is 2. The summed E-state index contributed by atoms with van der Waals surface area (Å²) in [6.07, 6.45) is 0.170. The zero-order valence-electron chi connectivity index (χ0n) is 25.4. The summed E-state index contributed by atoms with van der Waals surface area (Å²) in [5.41, 5.74) is 0.546. The Bertz CT molecular complexity index is 1730. The summed E-state index contributed by atoms with van der Waals surface area (Å²) in [6.45, 7) is 4.82. The molecule has 4 aromatic rings. The maximum Gasteiger partial charge on any atom is 0.271 e. The normalized spacial score (nSPS) is 12.2. The fourth-order valence-electron chi connectivity index (χ4n) is 4.80. The molecule has 0 heterocycles. The number of nitro groups is 1. The molecule has 234 valence electrons. The van der Waals surface area contributed by atoms with E-state index in [1.165, 1.54) is 35.2 Å². The molecule has 45 heavy (non-hydrogen) atoms. The molecule has 0 spiro atoms. The van der Waals surface area contributed by atoms with Gasteiger partial charge in [0.1, 0.15) is 12.6 Å². The number of rotatable bonds is 12. The number of carbonyl (C=O) groups is 2. The van der Waals surface area contributed by atoms with Gasteiger partial charge in [-0.25, -0.2) is 8.42 Å². The summed E-state index contributed by atoms with van der Waals surface area (Å²) in [6, 6.07) is 30.0. The Morgan fingerprint density at radius 1 is 0.822 bits per heavy atom. The van der Waals surface area contributed by atoms with Crippen LogP contribution in [0.25, 0.3) is 0 Å². The Labute approximate surface area is 263 Å². The standard InChI is InChI=1S/C34H36N4O6S/c1-34(2,3)35-33(40)31(22-26-14-7-4-8-15-26)36(24-27-16-9-5-10-17-27)32(39)25-37(28-18-13-19-29(23-28)38(41)42)45(43,44)30-20-11-6-12-21-30/h4-21,23,31H,22,24-25H2,1-3H3,(H,35,40). The Kier molecular flexibility index (Phi) is 10.4. The minimum Gasteiger partial charge on any atom is -0.350 e. The molecule has 0 aliphatic heterocycles. The van der Waals surface area contributed by atoms with E-state index in [1.807, 2.05) is 81.4 Å². The lowest BCUT2D eigenvalue weighted by Gasteiger charge is -2.35. The van der Waals surface area contributed by atoms with Crippen molar-refractivity contribution in [3.05, 3.63) is 137 Å². The third kappa shape index (κ3) is 8.76. The van der Waals surface area contributed by atoms with E-state index < -0.39 is 44.9 Å². The lowest BCUT2D eigenvalue weighted by molar-refractivity contribution is -0.384. The molecule has 1 unspecified atom stereocenters. The van der Waals surface area contributed by atoms with Crippen molar-refractivity contribution < 1.29 is 22.9 Å². The number of hydrogen-bond acceptors (Lipinski definition) is 6. The second kappa shape index (κ2) is 14.2. The first-order valence-electron chi connectivity index (χ1n) is 14.4. The molecule has 0 aromatic heterocycles. The molecule has 11 heteroatoms. The number of carbonyl (C=O) groups excluding carboxylic acids is 2. The summed E-state index contributed by atoms with van der Waals surface area (Å²) < 4.78 is 28.9. The zero-order chi connectivity index (χ0) is 32.6. The summed E-state index contributed by atoms with van der Waals surface area (Å²) in [7, 11) is -4.37. The highest BCUT2D eigenvalue weighted by atomic mass is 32.2. The Hall–Kier alpha value is -5.03. The van der Waals surface area contributed by atoms with Gasteiger partial charge in [0.2, 0.25) is 11.8 Å². The number of anilines is 1. The first kappa shape index (κ1) is 32.9. The highest BCUT2D eigenvalue weighted by Gasteiger charge is 2.36. The van der Waals surface area contributed by atoms with Crippen LogP contribution in [0.3, 0.4) is 0 Å². The zero-order valence-corrected chi connectivity index (χ0v) is 26.2. The van der Waals surface area contributed by atoms with Crippen molar-refractivity contribution in [1.82, 2.24) is 10.2 Å². The van der Waals surface area contributed by atoms with E-state index in [1.54, 1.807) is 18.2 Å². The fourth-order valence-corrected chi connectivity index (χ4v) is 6.22. The number of benzene rings is 4. The Morgan fingerprint density at radius 3 is 1.93 bits per heavy atom. The second-order valence-electron chi connectivity index (χ2n) is 11.6. The predicted molar refractivity (Wildman–Crippen MR) is 173 cm³/mol. The van der Waals surface area contributed by atoms with Gasteiger partial charge in [-0.2, -0.15) is 0 Å². The number of hydrogen-bond donors (Lipinski definition) is 1. The van der Waals surface area contributed by atoms with Crippen LogP contribution in [-0.2, 0) is 32.6 Å². The van der Waals surface area contributed by atoms with E-state index in [2.05, 4.69) is 5.32 Å². The first-order valence-corrected chi connectivity index (χ1v) is 15.8. The van der Waals surface area contributed by atoms with Gasteiger partial charge in [-0.05, 0) is 50.1 Å². The van der Waals surface area contributed by atoms with Crippen LogP contribution in [0.2, 0.25) is 0 Å². The first-order chi connectivity index (χ1) is 21.3. The number of nitrogens with one attached hydrogen (secondary N) is 1. The van der Waals surface area contributed by atoms with Gasteiger partial charge in [0.15, 0.2) is 0 Å². The van der Waals surface area contributed by atoms with Crippen LogP contribution in [0.4, 0.5) is 11.4 Å². The van der Waals surface area contributed by atoms with Crippen molar-refractivity contribution in [1.29, 1.82) is 0 Å². The number of sulfonamides is 1. The molecule has 0 fully saturated rings. The molecular formula is C34H36N4O6S. The topological polar surface area (TPSA) is 130 Å². The molecule has 1 N–H and O–H groups in total. The predicted octanol–water partition coefficient (Wildman–Crippen LogP) is 5.34. The van der Waals surface area contributed by atoms with E-state index in [9.17, 15) is 28.1 Å². The van der Waals surface area contributed by atoms with Gasteiger partial charge in [-0.15, -0.1) is 0 Å². The molecule has 4 aromatic carbocycles. The van der Waals surface area contributed by atoms with Crippen LogP contribution in [0, 0.1) is 10.1 Å².